The van der Waals surface area contributed by atoms with Crippen molar-refractivity contribution in [1.29, 1.82) is 0 Å². The Hall–Kier alpha value is -1.89. The third-order valence-corrected chi connectivity index (χ3v) is 4.55. The van der Waals surface area contributed by atoms with E-state index in [0.717, 1.165) is 4.88 Å². The fourth-order valence-corrected chi connectivity index (χ4v) is 3.36. The second-order valence-electron chi connectivity index (χ2n) is 5.60. The van der Waals surface area contributed by atoms with E-state index in [1.54, 1.807) is 11.1 Å². The van der Waals surface area contributed by atoms with Crippen molar-refractivity contribution >= 4 is 22.4 Å². The monoisotopic (exact) mass is 307 g/mol. The molecule has 1 saturated heterocycles. The fourth-order valence-electron chi connectivity index (χ4n) is 2.51. The van der Waals surface area contributed by atoms with Crippen molar-refractivity contribution in [2.45, 2.75) is 33.4 Å². The molecule has 1 amide bonds. The molecule has 6 nitrogen and oxygen atoms in total. The lowest BCUT2D eigenvalue weighted by Gasteiger charge is -2.23. The Morgan fingerprint density at radius 2 is 2.24 bits per heavy atom. The SMILES string of the molecule is Cc1cn2c(=O)cc(CN3C(=O)OC[C@@H]3C(C)C)nc2s1. The van der Waals surface area contributed by atoms with Gasteiger partial charge in [0, 0.05) is 17.1 Å². The van der Waals surface area contributed by atoms with E-state index in [2.05, 4.69) is 4.98 Å². The topological polar surface area (TPSA) is 63.9 Å². The van der Waals surface area contributed by atoms with Crippen LogP contribution in [0.5, 0.6) is 0 Å². The van der Waals surface area contributed by atoms with Gasteiger partial charge in [0.15, 0.2) is 4.96 Å². The lowest BCUT2D eigenvalue weighted by molar-refractivity contribution is 0.154. The molecule has 112 valence electrons. The van der Waals surface area contributed by atoms with Gasteiger partial charge in [0.1, 0.15) is 6.61 Å². The summed E-state index contributed by atoms with van der Waals surface area (Å²) in [6.45, 7) is 6.74. The molecule has 0 spiro atoms. The number of carbonyl (C=O) groups excluding carboxylic acids is 1. The van der Waals surface area contributed by atoms with Gasteiger partial charge in [-0.25, -0.2) is 9.78 Å². The Kier molecular flexibility index (Phi) is 3.44. The third kappa shape index (κ3) is 2.53. The van der Waals surface area contributed by atoms with Gasteiger partial charge in [-0.05, 0) is 12.8 Å². The zero-order valence-electron chi connectivity index (χ0n) is 12.2. The van der Waals surface area contributed by atoms with Crippen LogP contribution < -0.4 is 5.56 Å². The number of carbonyl (C=O) groups is 1. The zero-order chi connectivity index (χ0) is 15.1. The van der Waals surface area contributed by atoms with Crippen LogP contribution in [0.3, 0.4) is 0 Å². The number of fused-ring (bicyclic) bond motifs is 1. The van der Waals surface area contributed by atoms with Crippen LogP contribution in [0.15, 0.2) is 17.1 Å². The largest absolute Gasteiger partial charge is 0.447 e. The second kappa shape index (κ2) is 5.14. The quantitative estimate of drug-likeness (QED) is 0.870. The summed E-state index contributed by atoms with van der Waals surface area (Å²) >= 11 is 1.46. The highest BCUT2D eigenvalue weighted by molar-refractivity contribution is 7.16. The van der Waals surface area contributed by atoms with Gasteiger partial charge in [0.25, 0.3) is 5.56 Å². The minimum Gasteiger partial charge on any atom is -0.447 e. The highest BCUT2D eigenvalue weighted by Gasteiger charge is 2.35. The van der Waals surface area contributed by atoms with E-state index in [1.807, 2.05) is 20.8 Å². The lowest BCUT2D eigenvalue weighted by Crippen LogP contribution is -2.37. The van der Waals surface area contributed by atoms with Crippen molar-refractivity contribution in [3.05, 3.63) is 33.2 Å². The summed E-state index contributed by atoms with van der Waals surface area (Å²) in [4.78, 5) is 31.7. The Morgan fingerprint density at radius 1 is 1.48 bits per heavy atom. The van der Waals surface area contributed by atoms with Gasteiger partial charge in [0.2, 0.25) is 0 Å². The summed E-state index contributed by atoms with van der Waals surface area (Å²) in [6.07, 6.45) is 1.44. The Balaban J connectivity index is 1.94. The highest BCUT2D eigenvalue weighted by Crippen LogP contribution is 2.22. The molecule has 21 heavy (non-hydrogen) atoms. The van der Waals surface area contributed by atoms with Crippen LogP contribution in [-0.4, -0.2) is 33.0 Å². The highest BCUT2D eigenvalue weighted by atomic mass is 32.1. The summed E-state index contributed by atoms with van der Waals surface area (Å²) in [5.74, 6) is 0.297. The molecular weight excluding hydrogens is 290 g/mol. The molecule has 1 atom stereocenters. The molecule has 1 aliphatic rings. The van der Waals surface area contributed by atoms with E-state index >= 15 is 0 Å². The van der Waals surface area contributed by atoms with E-state index in [-0.39, 0.29) is 17.7 Å². The molecule has 0 aromatic carbocycles. The molecule has 7 heteroatoms. The Morgan fingerprint density at radius 3 is 2.95 bits per heavy atom. The molecule has 0 N–H and O–H groups in total. The maximum atomic E-state index is 12.1. The molecule has 2 aromatic heterocycles. The van der Waals surface area contributed by atoms with Gasteiger partial charge in [-0.1, -0.05) is 13.8 Å². The van der Waals surface area contributed by atoms with E-state index in [0.29, 0.717) is 29.7 Å². The average Bonchev–Trinajstić information content (AvgIpc) is 2.94. The van der Waals surface area contributed by atoms with Crippen molar-refractivity contribution in [1.82, 2.24) is 14.3 Å². The van der Waals surface area contributed by atoms with Gasteiger partial charge in [-0.3, -0.25) is 14.1 Å². The van der Waals surface area contributed by atoms with Crippen LogP contribution in [0.2, 0.25) is 0 Å². The molecule has 1 aliphatic heterocycles. The van der Waals surface area contributed by atoms with Gasteiger partial charge < -0.3 is 4.74 Å². The van der Waals surface area contributed by atoms with Crippen LogP contribution >= 0.6 is 11.3 Å². The summed E-state index contributed by atoms with van der Waals surface area (Å²) in [5, 5.41) is 0. The summed E-state index contributed by atoms with van der Waals surface area (Å²) in [6, 6.07) is 1.52. The van der Waals surface area contributed by atoms with Gasteiger partial charge in [0.05, 0.1) is 18.3 Å². The maximum absolute atomic E-state index is 12.1. The smallest absolute Gasteiger partial charge is 0.410 e. The Labute approximate surface area is 126 Å². The lowest BCUT2D eigenvalue weighted by atomic mass is 10.0. The number of rotatable bonds is 3. The molecule has 0 radical (unpaired) electrons. The normalized spacial score (nSPS) is 18.8. The molecule has 0 aliphatic carbocycles. The number of thiazole rings is 1. The number of hydrogen-bond donors (Lipinski definition) is 0. The van der Waals surface area contributed by atoms with Gasteiger partial charge >= 0.3 is 6.09 Å². The number of ether oxygens (including phenoxy) is 1. The number of hydrogen-bond acceptors (Lipinski definition) is 5. The van der Waals surface area contributed by atoms with Crippen LogP contribution in [0, 0.1) is 12.8 Å². The fraction of sp³-hybridized carbons (Fsp3) is 0.500. The first kappa shape index (κ1) is 14.1. The van der Waals surface area contributed by atoms with Crippen LogP contribution in [0.1, 0.15) is 24.4 Å². The van der Waals surface area contributed by atoms with Gasteiger partial charge in [-0.15, -0.1) is 11.3 Å². The third-order valence-electron chi connectivity index (χ3n) is 3.65. The first-order valence-corrected chi connectivity index (χ1v) is 7.69. The molecular formula is C14H17N3O3S. The molecule has 1 fully saturated rings. The number of aryl methyl sites for hydroxylation is 1. The molecule has 0 saturated carbocycles. The van der Waals surface area contributed by atoms with E-state index in [1.165, 1.54) is 21.8 Å². The summed E-state index contributed by atoms with van der Waals surface area (Å²) in [5.41, 5.74) is 0.486. The van der Waals surface area contributed by atoms with Crippen molar-refractivity contribution < 1.29 is 9.53 Å². The standard InChI is InChI=1S/C14H17N3O3S/c1-8(2)11-7-20-14(19)16(11)6-10-4-12(18)17-5-9(3)21-13(17)15-10/h4-5,8,11H,6-7H2,1-3H3/t11-/m1/s1. The van der Waals surface area contributed by atoms with Crippen LogP contribution in [0.25, 0.3) is 4.96 Å². The van der Waals surface area contributed by atoms with Crippen LogP contribution in [0.4, 0.5) is 4.79 Å². The zero-order valence-corrected chi connectivity index (χ0v) is 13.0. The van der Waals surface area contributed by atoms with Gasteiger partial charge in [-0.2, -0.15) is 0 Å². The summed E-state index contributed by atoms with van der Waals surface area (Å²) < 4.78 is 6.65. The molecule has 3 rings (SSSR count). The minimum atomic E-state index is -0.335. The molecule has 0 unspecified atom stereocenters. The first-order valence-electron chi connectivity index (χ1n) is 6.88. The molecule has 0 bridgehead atoms. The molecule has 3 heterocycles. The van der Waals surface area contributed by atoms with Crippen molar-refractivity contribution in [3.63, 3.8) is 0 Å². The number of cyclic esters (lactones) is 1. The average molecular weight is 307 g/mol. The predicted molar refractivity (Wildman–Crippen MR) is 79.6 cm³/mol. The molecule has 2 aromatic rings. The van der Waals surface area contributed by atoms with Crippen LogP contribution in [-0.2, 0) is 11.3 Å². The maximum Gasteiger partial charge on any atom is 0.410 e. The Bertz CT molecular complexity index is 749. The van der Waals surface area contributed by atoms with E-state index in [9.17, 15) is 9.59 Å². The first-order chi connectivity index (χ1) is 9.95. The summed E-state index contributed by atoms with van der Waals surface area (Å²) in [7, 11) is 0. The predicted octanol–water partition coefficient (Wildman–Crippen LogP) is 2.04. The minimum absolute atomic E-state index is 0.0304. The van der Waals surface area contributed by atoms with Crippen molar-refractivity contribution in [3.8, 4) is 0 Å². The number of nitrogens with zero attached hydrogens (tertiary/aromatic N) is 3. The van der Waals surface area contributed by atoms with Crippen molar-refractivity contribution in [2.24, 2.45) is 5.92 Å². The van der Waals surface area contributed by atoms with E-state index < -0.39 is 0 Å². The number of aromatic nitrogens is 2. The number of amides is 1. The van der Waals surface area contributed by atoms with Crippen molar-refractivity contribution in [2.75, 3.05) is 6.61 Å². The second-order valence-corrected chi connectivity index (χ2v) is 6.81. The van der Waals surface area contributed by atoms with E-state index in [4.69, 9.17) is 4.74 Å².